The van der Waals surface area contributed by atoms with Crippen molar-refractivity contribution >= 4 is 0 Å². The van der Waals surface area contributed by atoms with E-state index in [2.05, 4.69) is 31.6 Å². The lowest BCUT2D eigenvalue weighted by molar-refractivity contribution is 0.580. The molecular formula is C12H17. The molecule has 0 bridgehead atoms. The highest BCUT2D eigenvalue weighted by Gasteiger charge is 1.95. The van der Waals surface area contributed by atoms with Crippen molar-refractivity contribution in [3.05, 3.63) is 6.92 Å². The largest absolute Gasteiger partial charge is 0.120 e. The van der Waals surface area contributed by atoms with Gasteiger partial charge in [-0.2, -0.15) is 0 Å². The quantitative estimate of drug-likeness (QED) is 0.429. The Morgan fingerprint density at radius 3 is 2.67 bits per heavy atom. The zero-order chi connectivity index (χ0) is 9.23. The lowest BCUT2D eigenvalue weighted by Crippen LogP contribution is -1.89. The van der Waals surface area contributed by atoms with E-state index in [0.717, 1.165) is 12.8 Å². The van der Waals surface area contributed by atoms with Gasteiger partial charge in [0.05, 0.1) is 0 Å². The van der Waals surface area contributed by atoms with Crippen LogP contribution in [0, 0.1) is 37.0 Å². The minimum absolute atomic E-state index is 0.494. The first kappa shape index (κ1) is 11.1. The van der Waals surface area contributed by atoms with Crippen molar-refractivity contribution in [2.24, 2.45) is 5.92 Å². The molecule has 0 saturated heterocycles. The zero-order valence-electron chi connectivity index (χ0n) is 7.90. The molecule has 0 fully saturated rings. The first-order valence-electron chi connectivity index (χ1n) is 4.52. The Morgan fingerprint density at radius 1 is 1.33 bits per heavy atom. The van der Waals surface area contributed by atoms with Crippen LogP contribution < -0.4 is 0 Å². The van der Waals surface area contributed by atoms with Gasteiger partial charge in [0.2, 0.25) is 0 Å². The van der Waals surface area contributed by atoms with Crippen LogP contribution in [0.1, 0.15) is 39.0 Å². The molecular weight excluding hydrogens is 144 g/mol. The predicted octanol–water partition coefficient (Wildman–Crippen LogP) is 3.04. The molecule has 0 rings (SSSR count). The lowest BCUT2D eigenvalue weighted by atomic mass is 10.0. The maximum atomic E-state index is 5.14. The molecule has 0 unspecified atom stereocenters. The molecule has 0 heteroatoms. The maximum absolute atomic E-state index is 5.14. The number of hydrogen-bond acceptors (Lipinski definition) is 0. The van der Waals surface area contributed by atoms with Crippen LogP contribution in [0.3, 0.4) is 0 Å². The zero-order valence-corrected chi connectivity index (χ0v) is 7.90. The van der Waals surface area contributed by atoms with Crippen molar-refractivity contribution in [3.63, 3.8) is 0 Å². The second-order valence-electron chi connectivity index (χ2n) is 3.03. The van der Waals surface area contributed by atoms with Crippen molar-refractivity contribution in [3.8, 4) is 24.2 Å². The van der Waals surface area contributed by atoms with Gasteiger partial charge in [-0.3, -0.25) is 0 Å². The fraction of sp³-hybridized carbons (Fsp3) is 0.583. The predicted molar refractivity (Wildman–Crippen MR) is 54.2 cm³/mol. The molecule has 0 heterocycles. The highest BCUT2D eigenvalue weighted by atomic mass is 14.0. The fourth-order valence-electron chi connectivity index (χ4n) is 1.10. The Kier molecular flexibility index (Phi) is 7.62. The number of hydrogen-bond donors (Lipinski definition) is 0. The summed E-state index contributed by atoms with van der Waals surface area (Å²) in [6, 6.07) is 0. The monoisotopic (exact) mass is 161 g/mol. The van der Waals surface area contributed by atoms with E-state index in [1.54, 1.807) is 0 Å². The summed E-state index contributed by atoms with van der Waals surface area (Å²) in [5, 5.41) is 0. The van der Waals surface area contributed by atoms with E-state index in [1.165, 1.54) is 19.3 Å². The Labute approximate surface area is 76.8 Å². The van der Waals surface area contributed by atoms with Crippen molar-refractivity contribution in [1.82, 2.24) is 0 Å². The summed E-state index contributed by atoms with van der Waals surface area (Å²) in [5.74, 6) is 8.86. The summed E-state index contributed by atoms with van der Waals surface area (Å²) in [7, 11) is 0. The summed E-state index contributed by atoms with van der Waals surface area (Å²) in [4.78, 5) is 0. The summed E-state index contributed by atoms with van der Waals surface area (Å²) in [5.41, 5.74) is 0. The third-order valence-corrected chi connectivity index (χ3v) is 1.81. The summed E-state index contributed by atoms with van der Waals surface area (Å²) in [6.07, 6.45) is 10.8. The summed E-state index contributed by atoms with van der Waals surface area (Å²) >= 11 is 0. The minimum atomic E-state index is 0.494. The van der Waals surface area contributed by atoms with Crippen molar-refractivity contribution in [2.45, 2.75) is 39.0 Å². The van der Waals surface area contributed by atoms with Gasteiger partial charge in [0.25, 0.3) is 0 Å². The minimum Gasteiger partial charge on any atom is -0.120 e. The molecule has 0 saturated carbocycles. The summed E-state index contributed by atoms with van der Waals surface area (Å²) < 4.78 is 0. The van der Waals surface area contributed by atoms with E-state index in [4.69, 9.17) is 6.42 Å². The first-order valence-corrected chi connectivity index (χ1v) is 4.52. The molecule has 0 aliphatic heterocycles. The number of terminal acetylenes is 1. The van der Waals surface area contributed by atoms with Gasteiger partial charge in [0, 0.05) is 19.3 Å². The van der Waals surface area contributed by atoms with Crippen LogP contribution in [0.5, 0.6) is 0 Å². The van der Waals surface area contributed by atoms with Gasteiger partial charge in [-0.1, -0.05) is 19.8 Å². The smallest absolute Gasteiger partial charge is 0.0199 e. The maximum Gasteiger partial charge on any atom is 0.0199 e. The van der Waals surface area contributed by atoms with Gasteiger partial charge >= 0.3 is 0 Å². The van der Waals surface area contributed by atoms with E-state index < -0.39 is 0 Å². The molecule has 0 amide bonds. The van der Waals surface area contributed by atoms with Gasteiger partial charge in [-0.05, 0) is 12.8 Å². The van der Waals surface area contributed by atoms with Crippen LogP contribution in [0.15, 0.2) is 0 Å². The summed E-state index contributed by atoms with van der Waals surface area (Å²) in [6.45, 7) is 5.63. The van der Waals surface area contributed by atoms with E-state index in [0.29, 0.717) is 5.92 Å². The van der Waals surface area contributed by atoms with Crippen molar-refractivity contribution in [1.29, 1.82) is 0 Å². The third-order valence-electron chi connectivity index (χ3n) is 1.81. The molecule has 0 nitrogen and oxygen atoms in total. The number of rotatable bonds is 5. The Balaban J connectivity index is 3.19. The Morgan fingerprint density at radius 2 is 2.08 bits per heavy atom. The van der Waals surface area contributed by atoms with Crippen LogP contribution in [0.4, 0.5) is 0 Å². The Bertz CT molecular complexity index is 184. The fourth-order valence-corrected chi connectivity index (χ4v) is 1.10. The first-order chi connectivity index (χ1) is 5.81. The molecule has 1 atom stereocenters. The molecule has 65 valence electrons. The molecule has 0 aromatic rings. The topological polar surface area (TPSA) is 0 Å². The van der Waals surface area contributed by atoms with Crippen molar-refractivity contribution < 1.29 is 0 Å². The molecule has 0 aromatic carbocycles. The standard InChI is InChI=1S/C12H17/c1-4-6-7-8-9-11-12(3)10-5-2/h1,12H,2,6-9,11H2,3H3/t12-/m0/s1. The van der Waals surface area contributed by atoms with Gasteiger partial charge in [-0.25, -0.2) is 0 Å². The molecule has 0 aliphatic carbocycles. The van der Waals surface area contributed by atoms with Crippen LogP contribution in [-0.4, -0.2) is 0 Å². The van der Waals surface area contributed by atoms with E-state index in [9.17, 15) is 0 Å². The van der Waals surface area contributed by atoms with Crippen LogP contribution >= 0.6 is 0 Å². The van der Waals surface area contributed by atoms with Crippen LogP contribution in [0.2, 0.25) is 0 Å². The number of unbranched alkanes of at least 4 members (excludes halogenated alkanes) is 3. The van der Waals surface area contributed by atoms with E-state index in [-0.39, 0.29) is 0 Å². The molecule has 1 radical (unpaired) electrons. The highest BCUT2D eigenvalue weighted by molar-refractivity contribution is 5.04. The van der Waals surface area contributed by atoms with E-state index in [1.807, 2.05) is 0 Å². The average Bonchev–Trinajstić information content (AvgIpc) is 2.05. The molecule has 0 N–H and O–H groups in total. The SMILES string of the molecule is C#CCCCCC[C@@H](C)C#C[CH2]. The third kappa shape index (κ3) is 7.23. The molecule has 0 aliphatic rings. The second-order valence-corrected chi connectivity index (χ2v) is 3.03. The lowest BCUT2D eigenvalue weighted by Gasteiger charge is -2.01. The molecule has 12 heavy (non-hydrogen) atoms. The van der Waals surface area contributed by atoms with E-state index >= 15 is 0 Å². The van der Waals surface area contributed by atoms with Gasteiger partial charge in [-0.15, -0.1) is 24.2 Å². The van der Waals surface area contributed by atoms with Crippen LogP contribution in [-0.2, 0) is 0 Å². The van der Waals surface area contributed by atoms with Gasteiger partial charge < -0.3 is 0 Å². The molecule has 0 spiro atoms. The van der Waals surface area contributed by atoms with Crippen molar-refractivity contribution in [2.75, 3.05) is 0 Å². The van der Waals surface area contributed by atoms with Gasteiger partial charge in [0.15, 0.2) is 0 Å². The Hall–Kier alpha value is -0.880. The average molecular weight is 161 g/mol. The molecule has 0 aromatic heterocycles. The van der Waals surface area contributed by atoms with Gasteiger partial charge in [0.1, 0.15) is 0 Å². The van der Waals surface area contributed by atoms with Crippen LogP contribution in [0.25, 0.3) is 0 Å². The second kappa shape index (κ2) is 8.22. The normalized spacial score (nSPS) is 11.1. The highest BCUT2D eigenvalue weighted by Crippen LogP contribution is 2.08.